The van der Waals surface area contributed by atoms with E-state index in [1.54, 1.807) is 0 Å². The van der Waals surface area contributed by atoms with Gasteiger partial charge in [-0.1, -0.05) is 12.1 Å². The first kappa shape index (κ1) is 23.3. The summed E-state index contributed by atoms with van der Waals surface area (Å²) in [7, 11) is 1.32. The van der Waals surface area contributed by atoms with E-state index in [-0.39, 0.29) is 35.5 Å². The number of rotatable bonds is 5. The number of nitrogens with one attached hydrogen (secondary N) is 2. The van der Waals surface area contributed by atoms with Gasteiger partial charge in [-0.3, -0.25) is 4.79 Å². The first-order valence-corrected chi connectivity index (χ1v) is 11.8. The maximum Gasteiger partial charge on any atom is 0.316 e. The van der Waals surface area contributed by atoms with Crippen LogP contribution in [0.25, 0.3) is 6.08 Å². The number of fused-ring (bicyclic) bond motifs is 1. The maximum atomic E-state index is 14.7. The van der Waals surface area contributed by atoms with Crippen LogP contribution in [0.15, 0.2) is 36.4 Å². The first-order valence-electron chi connectivity index (χ1n) is 11.8. The maximum absolute atomic E-state index is 14.7. The zero-order valence-electron chi connectivity index (χ0n) is 19.9. The molecule has 1 heterocycles. The summed E-state index contributed by atoms with van der Waals surface area (Å²) in [5.41, 5.74) is 0.755. The lowest BCUT2D eigenvalue weighted by molar-refractivity contribution is -0.119. The van der Waals surface area contributed by atoms with E-state index in [1.807, 2.05) is 44.2 Å². The van der Waals surface area contributed by atoms with Gasteiger partial charge in [0.1, 0.15) is 28.7 Å². The molecule has 2 aromatic carbocycles. The Bertz CT molecular complexity index is 1210. The number of ketones is 1. The minimum Gasteiger partial charge on any atom is -0.497 e. The van der Waals surface area contributed by atoms with Gasteiger partial charge in [0.2, 0.25) is 0 Å². The predicted molar refractivity (Wildman–Crippen MR) is 126 cm³/mol. The molecule has 0 radical (unpaired) electrons. The van der Waals surface area contributed by atoms with E-state index in [2.05, 4.69) is 10.6 Å². The SMILES string of the molecule is COc1cc(F)c([C@@H]2CCC(=O)[C@H]2NC(=O)NC2(c3ccc4c(c3)C=CC(C)(C)O4)CC2)c(F)c1. The first-order chi connectivity index (χ1) is 16.6. The van der Waals surface area contributed by atoms with Crippen molar-refractivity contribution in [2.45, 2.75) is 62.6 Å². The third-order valence-electron chi connectivity index (χ3n) is 7.10. The number of ether oxygens (including phenoxy) is 2. The molecule has 0 aromatic heterocycles. The number of hydrogen-bond donors (Lipinski definition) is 2. The highest BCUT2D eigenvalue weighted by Gasteiger charge is 2.47. The lowest BCUT2D eigenvalue weighted by Gasteiger charge is -2.29. The molecule has 5 rings (SSSR count). The molecule has 2 saturated carbocycles. The summed E-state index contributed by atoms with van der Waals surface area (Å²) in [6, 6.07) is 6.48. The van der Waals surface area contributed by atoms with E-state index in [9.17, 15) is 18.4 Å². The van der Waals surface area contributed by atoms with Crippen molar-refractivity contribution < 1.29 is 27.8 Å². The fourth-order valence-corrected chi connectivity index (χ4v) is 5.05. The molecule has 6 nitrogen and oxygen atoms in total. The number of Topliss-reactive ketones (excluding diaryl/α,β-unsaturated/α-hetero) is 1. The van der Waals surface area contributed by atoms with Crippen LogP contribution in [0.5, 0.6) is 11.5 Å². The highest BCUT2D eigenvalue weighted by molar-refractivity contribution is 5.92. The van der Waals surface area contributed by atoms with E-state index in [1.165, 1.54) is 7.11 Å². The van der Waals surface area contributed by atoms with Crippen molar-refractivity contribution in [2.24, 2.45) is 0 Å². The largest absolute Gasteiger partial charge is 0.497 e. The summed E-state index contributed by atoms with van der Waals surface area (Å²) in [5, 5.41) is 5.70. The molecule has 2 fully saturated rings. The van der Waals surface area contributed by atoms with Crippen molar-refractivity contribution in [3.05, 3.63) is 64.7 Å². The van der Waals surface area contributed by atoms with Crippen molar-refractivity contribution in [3.63, 3.8) is 0 Å². The minimum atomic E-state index is -1.01. The van der Waals surface area contributed by atoms with Gasteiger partial charge in [-0.2, -0.15) is 0 Å². The molecular weight excluding hydrogens is 454 g/mol. The number of carbonyl (C=O) groups excluding carboxylic acids is 2. The molecule has 184 valence electrons. The van der Waals surface area contributed by atoms with Crippen molar-refractivity contribution in [2.75, 3.05) is 7.11 Å². The van der Waals surface area contributed by atoms with Crippen LogP contribution in [-0.2, 0) is 10.3 Å². The molecule has 0 unspecified atom stereocenters. The molecule has 1 aliphatic heterocycles. The normalized spacial score (nSPS) is 23.3. The molecule has 0 bridgehead atoms. The predicted octanol–water partition coefficient (Wildman–Crippen LogP) is 4.96. The lowest BCUT2D eigenvalue weighted by Crippen LogP contribution is -2.49. The van der Waals surface area contributed by atoms with Crippen LogP contribution >= 0.6 is 0 Å². The molecular formula is C27H28F2N2O4. The van der Waals surface area contributed by atoms with Crippen LogP contribution in [0.4, 0.5) is 13.6 Å². The van der Waals surface area contributed by atoms with Gasteiger partial charge in [0, 0.05) is 35.6 Å². The van der Waals surface area contributed by atoms with Crippen LogP contribution in [0.1, 0.15) is 62.1 Å². The van der Waals surface area contributed by atoms with Gasteiger partial charge in [-0.05, 0) is 56.9 Å². The third kappa shape index (κ3) is 4.37. The Hall–Kier alpha value is -3.42. The Labute approximate surface area is 202 Å². The second-order valence-electron chi connectivity index (χ2n) is 10.1. The summed E-state index contributed by atoms with van der Waals surface area (Å²) < 4.78 is 40.3. The Morgan fingerprint density at radius 3 is 2.51 bits per heavy atom. The van der Waals surface area contributed by atoms with Crippen LogP contribution in [-0.4, -0.2) is 30.6 Å². The molecule has 8 heteroatoms. The van der Waals surface area contributed by atoms with E-state index in [0.29, 0.717) is 0 Å². The molecule has 0 saturated heterocycles. The van der Waals surface area contributed by atoms with Crippen LogP contribution < -0.4 is 20.1 Å². The highest BCUT2D eigenvalue weighted by Crippen LogP contribution is 2.47. The number of methoxy groups -OCH3 is 1. The molecule has 2 amide bonds. The minimum absolute atomic E-state index is 0.0554. The third-order valence-corrected chi connectivity index (χ3v) is 7.10. The van der Waals surface area contributed by atoms with Crippen molar-refractivity contribution in [1.29, 1.82) is 0 Å². The summed E-state index contributed by atoms with van der Waals surface area (Å²) >= 11 is 0. The van der Waals surface area contributed by atoms with Crippen LogP contribution in [0, 0.1) is 11.6 Å². The Morgan fingerprint density at radius 1 is 1.14 bits per heavy atom. The van der Waals surface area contributed by atoms with Crippen molar-refractivity contribution in [1.82, 2.24) is 10.6 Å². The van der Waals surface area contributed by atoms with E-state index < -0.39 is 35.2 Å². The second kappa shape index (κ2) is 8.36. The Balaban J connectivity index is 1.32. The Kier molecular flexibility index (Phi) is 5.57. The monoisotopic (exact) mass is 482 g/mol. The number of halogens is 2. The van der Waals surface area contributed by atoms with E-state index in [0.717, 1.165) is 41.9 Å². The molecule has 2 N–H and O–H groups in total. The molecule has 2 aromatic rings. The fraction of sp³-hybridized carbons (Fsp3) is 0.407. The molecule has 3 aliphatic rings. The number of urea groups is 1. The standard InChI is InChI=1S/C27H28F2N2O4/c1-26(2)9-8-15-12-16(4-7-22(15)35-26)27(10-11-27)31-25(33)30-24-18(5-6-21(24)32)23-19(28)13-17(34-3)14-20(23)29/h4,7-9,12-14,18,24H,5-6,10-11H2,1-3H3,(H2,30,31,33)/t18-,24-/m0/s1. The van der Waals surface area contributed by atoms with Gasteiger partial charge in [-0.15, -0.1) is 0 Å². The van der Waals surface area contributed by atoms with Crippen molar-refractivity contribution >= 4 is 17.9 Å². The zero-order valence-corrected chi connectivity index (χ0v) is 19.9. The van der Waals surface area contributed by atoms with Gasteiger partial charge in [-0.25, -0.2) is 13.6 Å². The molecule has 2 aliphatic carbocycles. The second-order valence-corrected chi connectivity index (χ2v) is 10.1. The smallest absolute Gasteiger partial charge is 0.316 e. The Morgan fingerprint density at radius 2 is 1.86 bits per heavy atom. The van der Waals surface area contributed by atoms with Crippen molar-refractivity contribution in [3.8, 4) is 11.5 Å². The number of carbonyl (C=O) groups is 2. The van der Waals surface area contributed by atoms with Gasteiger partial charge < -0.3 is 20.1 Å². The van der Waals surface area contributed by atoms with Crippen LogP contribution in [0.2, 0.25) is 0 Å². The molecule has 0 spiro atoms. The summed E-state index contributed by atoms with van der Waals surface area (Å²) in [5.74, 6) is -1.78. The summed E-state index contributed by atoms with van der Waals surface area (Å²) in [4.78, 5) is 25.5. The van der Waals surface area contributed by atoms with Gasteiger partial charge in [0.05, 0.1) is 18.7 Å². The summed E-state index contributed by atoms with van der Waals surface area (Å²) in [6.07, 6.45) is 5.89. The van der Waals surface area contributed by atoms with E-state index >= 15 is 0 Å². The lowest BCUT2D eigenvalue weighted by atomic mass is 9.92. The quantitative estimate of drug-likeness (QED) is 0.632. The topological polar surface area (TPSA) is 76.7 Å². The average molecular weight is 483 g/mol. The van der Waals surface area contributed by atoms with E-state index in [4.69, 9.17) is 9.47 Å². The number of amides is 2. The average Bonchev–Trinajstić information content (AvgIpc) is 3.50. The van der Waals surface area contributed by atoms with Gasteiger partial charge in [0.15, 0.2) is 5.78 Å². The van der Waals surface area contributed by atoms with Gasteiger partial charge in [0.25, 0.3) is 0 Å². The highest BCUT2D eigenvalue weighted by atomic mass is 19.1. The zero-order chi connectivity index (χ0) is 25.0. The van der Waals surface area contributed by atoms with Gasteiger partial charge >= 0.3 is 6.03 Å². The summed E-state index contributed by atoms with van der Waals surface area (Å²) in [6.45, 7) is 3.96. The molecule has 2 atom stereocenters. The number of hydrogen-bond acceptors (Lipinski definition) is 4. The van der Waals surface area contributed by atoms with Crippen LogP contribution in [0.3, 0.4) is 0 Å². The molecule has 35 heavy (non-hydrogen) atoms. The number of benzene rings is 2. The fourth-order valence-electron chi connectivity index (χ4n) is 5.05.